The molecule has 0 amide bonds. The summed E-state index contributed by atoms with van der Waals surface area (Å²) in [6, 6.07) is 5.41. The van der Waals surface area contributed by atoms with Crippen LogP contribution in [-0.4, -0.2) is 70.1 Å². The van der Waals surface area contributed by atoms with Crippen LogP contribution in [0.2, 0.25) is 0 Å². The van der Waals surface area contributed by atoms with Crippen LogP contribution >= 0.6 is 0 Å². The van der Waals surface area contributed by atoms with Gasteiger partial charge in [0.1, 0.15) is 0 Å². The number of nitrogens with one attached hydrogen (secondary N) is 3. The molecule has 0 aliphatic rings. The first-order chi connectivity index (χ1) is 16.7. The van der Waals surface area contributed by atoms with E-state index in [1.54, 1.807) is 0 Å². The van der Waals surface area contributed by atoms with E-state index in [9.17, 15) is 45.7 Å². The SMILES string of the molecule is CNc1nc(Nc2cc(C(=O)O)cc(C(=O)O)c2)nc(Nc2cc(S(=O)(=O)O)cc(S(=O)(=O)O)c2)n1. The van der Waals surface area contributed by atoms with Crippen molar-refractivity contribution in [2.45, 2.75) is 9.79 Å². The van der Waals surface area contributed by atoms with Crippen molar-refractivity contribution >= 4 is 61.4 Å². The van der Waals surface area contributed by atoms with Crippen LogP contribution in [0.3, 0.4) is 0 Å². The number of rotatable bonds is 9. The zero-order valence-corrected chi connectivity index (χ0v) is 19.5. The normalized spacial score (nSPS) is 11.5. The zero-order chi connectivity index (χ0) is 26.8. The van der Waals surface area contributed by atoms with Gasteiger partial charge >= 0.3 is 11.9 Å². The van der Waals surface area contributed by atoms with Crippen LogP contribution in [-0.2, 0) is 20.2 Å². The number of aromatic carboxylic acids is 2. The molecule has 0 saturated carbocycles. The van der Waals surface area contributed by atoms with Gasteiger partial charge in [-0.2, -0.15) is 31.8 Å². The lowest BCUT2D eigenvalue weighted by atomic mass is 10.1. The van der Waals surface area contributed by atoms with Gasteiger partial charge in [0.25, 0.3) is 20.2 Å². The van der Waals surface area contributed by atoms with Crippen LogP contribution in [0.4, 0.5) is 29.2 Å². The molecule has 3 aromatic rings. The average molecular weight is 540 g/mol. The van der Waals surface area contributed by atoms with Crippen LogP contribution in [0, 0.1) is 0 Å². The highest BCUT2D eigenvalue weighted by molar-refractivity contribution is 7.86. The molecule has 0 saturated heterocycles. The van der Waals surface area contributed by atoms with Crippen molar-refractivity contribution in [3.05, 3.63) is 47.5 Å². The summed E-state index contributed by atoms with van der Waals surface area (Å²) in [6.07, 6.45) is 0. The molecule has 190 valence electrons. The second kappa shape index (κ2) is 9.70. The number of benzene rings is 2. The van der Waals surface area contributed by atoms with Crippen molar-refractivity contribution in [1.82, 2.24) is 15.0 Å². The maximum atomic E-state index is 11.5. The molecule has 0 atom stereocenters. The van der Waals surface area contributed by atoms with E-state index in [0.29, 0.717) is 6.07 Å². The summed E-state index contributed by atoms with van der Waals surface area (Å²) in [5, 5.41) is 26.2. The molecular weight excluding hydrogens is 524 g/mol. The topological polar surface area (TPSA) is 258 Å². The van der Waals surface area contributed by atoms with E-state index < -0.39 is 42.0 Å². The predicted molar refractivity (Wildman–Crippen MR) is 122 cm³/mol. The highest BCUT2D eigenvalue weighted by atomic mass is 32.2. The van der Waals surface area contributed by atoms with Gasteiger partial charge in [-0.1, -0.05) is 0 Å². The monoisotopic (exact) mass is 540 g/mol. The Bertz CT molecular complexity index is 1510. The molecule has 0 unspecified atom stereocenters. The van der Waals surface area contributed by atoms with Crippen LogP contribution < -0.4 is 16.0 Å². The first kappa shape index (κ1) is 26.2. The molecule has 0 fully saturated rings. The predicted octanol–water partition coefficient (Wildman–Crippen LogP) is 1.29. The quantitative estimate of drug-likeness (QED) is 0.188. The second-order valence-corrected chi connectivity index (χ2v) is 9.70. The fraction of sp³-hybridized carbons (Fsp3) is 0.0556. The molecule has 18 heteroatoms. The number of anilines is 5. The largest absolute Gasteiger partial charge is 0.478 e. The number of nitrogens with zero attached hydrogens (tertiary/aromatic N) is 3. The fourth-order valence-electron chi connectivity index (χ4n) is 2.75. The lowest BCUT2D eigenvalue weighted by Crippen LogP contribution is -2.09. The van der Waals surface area contributed by atoms with Crippen molar-refractivity contribution in [1.29, 1.82) is 0 Å². The van der Waals surface area contributed by atoms with Gasteiger partial charge in [-0.3, -0.25) is 9.11 Å². The van der Waals surface area contributed by atoms with Crippen LogP contribution in [0.1, 0.15) is 20.7 Å². The number of carboxylic acids is 2. The molecule has 36 heavy (non-hydrogen) atoms. The second-order valence-electron chi connectivity index (χ2n) is 6.86. The molecule has 0 aliphatic heterocycles. The molecule has 0 spiro atoms. The smallest absolute Gasteiger partial charge is 0.335 e. The van der Waals surface area contributed by atoms with Gasteiger partial charge in [0.15, 0.2) is 0 Å². The summed E-state index contributed by atoms with van der Waals surface area (Å²) in [7, 11) is -8.31. The van der Waals surface area contributed by atoms with Crippen molar-refractivity contribution in [2.24, 2.45) is 0 Å². The maximum Gasteiger partial charge on any atom is 0.335 e. The van der Waals surface area contributed by atoms with Crippen LogP contribution in [0.15, 0.2) is 46.2 Å². The fourth-order valence-corrected chi connectivity index (χ4v) is 3.92. The third-order valence-electron chi connectivity index (χ3n) is 4.27. The van der Waals surface area contributed by atoms with Crippen molar-refractivity contribution < 1.29 is 45.7 Å². The minimum Gasteiger partial charge on any atom is -0.478 e. The summed E-state index contributed by atoms with van der Waals surface area (Å²) in [6.45, 7) is 0. The molecule has 7 N–H and O–H groups in total. The van der Waals surface area contributed by atoms with E-state index in [1.165, 1.54) is 7.05 Å². The molecule has 0 aliphatic carbocycles. The van der Waals surface area contributed by atoms with Gasteiger partial charge < -0.3 is 26.2 Å². The number of hydrogen-bond donors (Lipinski definition) is 7. The lowest BCUT2D eigenvalue weighted by molar-refractivity contribution is 0.0696. The molecule has 16 nitrogen and oxygen atoms in total. The summed E-state index contributed by atoms with van der Waals surface area (Å²) in [5.74, 6) is -3.36. The molecule has 1 heterocycles. The van der Waals surface area contributed by atoms with E-state index >= 15 is 0 Å². The Morgan fingerprint density at radius 1 is 0.667 bits per heavy atom. The van der Waals surface area contributed by atoms with Gasteiger partial charge in [0.2, 0.25) is 17.8 Å². The summed E-state index contributed by atoms with van der Waals surface area (Å²) in [4.78, 5) is 32.9. The number of carbonyl (C=O) groups is 2. The Labute approximate surface area is 202 Å². The van der Waals surface area contributed by atoms with Gasteiger partial charge in [0.05, 0.1) is 20.9 Å². The minimum absolute atomic E-state index is 0.00599. The zero-order valence-electron chi connectivity index (χ0n) is 17.9. The van der Waals surface area contributed by atoms with E-state index in [-0.39, 0.29) is 40.3 Å². The van der Waals surface area contributed by atoms with Crippen molar-refractivity contribution in [2.75, 3.05) is 23.0 Å². The highest BCUT2D eigenvalue weighted by Crippen LogP contribution is 2.25. The van der Waals surface area contributed by atoms with Gasteiger partial charge in [-0.15, -0.1) is 0 Å². The van der Waals surface area contributed by atoms with Crippen molar-refractivity contribution in [3.8, 4) is 0 Å². The summed E-state index contributed by atoms with van der Waals surface area (Å²) < 4.78 is 64.7. The Kier molecular flexibility index (Phi) is 7.06. The Morgan fingerprint density at radius 2 is 1.06 bits per heavy atom. The summed E-state index contributed by atoms with van der Waals surface area (Å²) in [5.41, 5.74) is -0.941. The molecule has 3 rings (SSSR count). The third kappa shape index (κ3) is 6.39. The minimum atomic E-state index is -4.87. The molecular formula is C18H16N6O10S2. The van der Waals surface area contributed by atoms with E-state index in [2.05, 4.69) is 30.9 Å². The molecule has 2 aromatic carbocycles. The first-order valence-electron chi connectivity index (χ1n) is 9.35. The maximum absolute atomic E-state index is 11.5. The number of carboxylic acid groups (broad SMARTS) is 2. The average Bonchev–Trinajstić information content (AvgIpc) is 2.77. The van der Waals surface area contributed by atoms with Gasteiger partial charge in [-0.05, 0) is 36.4 Å². The van der Waals surface area contributed by atoms with Gasteiger partial charge in [0, 0.05) is 18.4 Å². The van der Waals surface area contributed by atoms with E-state index in [1.807, 2.05) is 0 Å². The van der Waals surface area contributed by atoms with E-state index in [0.717, 1.165) is 30.3 Å². The van der Waals surface area contributed by atoms with Crippen molar-refractivity contribution in [3.63, 3.8) is 0 Å². The highest BCUT2D eigenvalue weighted by Gasteiger charge is 2.19. The van der Waals surface area contributed by atoms with Crippen LogP contribution in [0.5, 0.6) is 0 Å². The number of hydrogen-bond acceptors (Lipinski definition) is 12. The van der Waals surface area contributed by atoms with Gasteiger partial charge in [-0.25, -0.2) is 9.59 Å². The molecule has 0 radical (unpaired) electrons. The molecule has 1 aromatic heterocycles. The third-order valence-corrected chi connectivity index (χ3v) is 5.94. The number of aromatic nitrogens is 3. The summed E-state index contributed by atoms with van der Waals surface area (Å²) >= 11 is 0. The molecule has 0 bridgehead atoms. The Balaban J connectivity index is 2.05. The first-order valence-corrected chi connectivity index (χ1v) is 12.2. The Morgan fingerprint density at radius 3 is 1.42 bits per heavy atom. The van der Waals surface area contributed by atoms with Crippen LogP contribution in [0.25, 0.3) is 0 Å². The Hall–Kier alpha value is -4.39. The standard InChI is InChI=1S/C18H16N6O10S2/c1-19-16-22-17(20-10-3-8(14(25)26)2-9(4-10)15(27)28)24-18(23-16)21-11-5-12(35(29,30)31)7-13(6-11)36(32,33)34/h2-7H,1H3,(H,25,26)(H,27,28)(H,29,30,31)(H,32,33,34)(H3,19,20,21,22,23,24). The lowest BCUT2D eigenvalue weighted by Gasteiger charge is -2.12. The van der Waals surface area contributed by atoms with E-state index in [4.69, 9.17) is 0 Å².